The molecule has 132 valence electrons. The van der Waals surface area contributed by atoms with E-state index in [9.17, 15) is 4.79 Å². The average Bonchev–Trinajstić information content (AvgIpc) is 3.13. The molecule has 2 heterocycles. The van der Waals surface area contributed by atoms with Crippen LogP contribution in [0.15, 0.2) is 30.3 Å². The van der Waals surface area contributed by atoms with E-state index in [4.69, 9.17) is 4.74 Å². The summed E-state index contributed by atoms with van der Waals surface area (Å²) in [6, 6.07) is 9.55. The van der Waals surface area contributed by atoms with Crippen molar-refractivity contribution in [3.63, 3.8) is 0 Å². The Morgan fingerprint density at radius 3 is 2.72 bits per heavy atom. The molecule has 1 aromatic carbocycles. The predicted molar refractivity (Wildman–Crippen MR) is 96.7 cm³/mol. The minimum absolute atomic E-state index is 0.00605. The van der Waals surface area contributed by atoms with E-state index >= 15 is 0 Å². The Balaban J connectivity index is 1.54. The van der Waals surface area contributed by atoms with Crippen LogP contribution in [0.5, 0.6) is 5.75 Å². The highest BCUT2D eigenvalue weighted by atomic mass is 16.5. The fourth-order valence-corrected chi connectivity index (χ4v) is 2.87. The molecule has 1 amide bonds. The second kappa shape index (κ2) is 7.96. The number of amides is 1. The first-order valence-corrected chi connectivity index (χ1v) is 8.66. The lowest BCUT2D eigenvalue weighted by Gasteiger charge is -2.16. The number of para-hydroxylation sites is 1. The van der Waals surface area contributed by atoms with Crippen molar-refractivity contribution in [1.29, 1.82) is 0 Å². The van der Waals surface area contributed by atoms with Crippen LogP contribution in [-0.4, -0.2) is 35.6 Å². The van der Waals surface area contributed by atoms with Crippen molar-refractivity contribution < 1.29 is 9.53 Å². The highest BCUT2D eigenvalue weighted by Crippen LogP contribution is 2.17. The number of nitrogens with one attached hydrogen (secondary N) is 1. The van der Waals surface area contributed by atoms with Gasteiger partial charge in [0.1, 0.15) is 5.75 Å². The molecule has 1 aliphatic heterocycles. The third-order valence-electron chi connectivity index (χ3n) is 4.20. The number of hydrogen-bond donors (Lipinski definition) is 1. The summed E-state index contributed by atoms with van der Waals surface area (Å²) >= 11 is 0. The summed E-state index contributed by atoms with van der Waals surface area (Å²) in [6.45, 7) is 6.28. The predicted octanol–water partition coefficient (Wildman–Crippen LogP) is 2.39. The molecule has 1 aliphatic rings. The van der Waals surface area contributed by atoms with Crippen LogP contribution in [-0.2, 0) is 11.3 Å². The SMILES string of the molecule is Cc1cc(CNC(=O)COc2ccccc2C)nc(N2CCCC2)n1. The Labute approximate surface area is 148 Å². The summed E-state index contributed by atoms with van der Waals surface area (Å²) in [7, 11) is 0. The lowest BCUT2D eigenvalue weighted by Crippen LogP contribution is -2.29. The molecule has 0 saturated carbocycles. The normalized spacial score (nSPS) is 13.8. The zero-order valence-corrected chi connectivity index (χ0v) is 14.8. The van der Waals surface area contributed by atoms with Crippen molar-refractivity contribution in [2.24, 2.45) is 0 Å². The molecule has 0 atom stereocenters. The van der Waals surface area contributed by atoms with Crippen molar-refractivity contribution in [2.45, 2.75) is 33.2 Å². The van der Waals surface area contributed by atoms with Crippen LogP contribution in [0.2, 0.25) is 0 Å². The minimum atomic E-state index is -0.165. The lowest BCUT2D eigenvalue weighted by molar-refractivity contribution is -0.123. The van der Waals surface area contributed by atoms with Crippen LogP contribution in [0.3, 0.4) is 0 Å². The van der Waals surface area contributed by atoms with Crippen LogP contribution in [0.25, 0.3) is 0 Å². The molecule has 0 bridgehead atoms. The van der Waals surface area contributed by atoms with Crippen LogP contribution in [0.4, 0.5) is 5.95 Å². The lowest BCUT2D eigenvalue weighted by atomic mass is 10.2. The quantitative estimate of drug-likeness (QED) is 0.874. The van der Waals surface area contributed by atoms with Crippen LogP contribution in [0, 0.1) is 13.8 Å². The van der Waals surface area contributed by atoms with Crippen LogP contribution in [0.1, 0.15) is 29.8 Å². The maximum absolute atomic E-state index is 12.0. The summed E-state index contributed by atoms with van der Waals surface area (Å²) in [5.74, 6) is 1.33. The summed E-state index contributed by atoms with van der Waals surface area (Å²) in [6.07, 6.45) is 2.36. The topological polar surface area (TPSA) is 67.3 Å². The number of ether oxygens (including phenoxy) is 1. The third kappa shape index (κ3) is 4.68. The fourth-order valence-electron chi connectivity index (χ4n) is 2.87. The number of carbonyl (C=O) groups is 1. The van der Waals surface area contributed by atoms with Gasteiger partial charge in [-0.05, 0) is 44.4 Å². The van der Waals surface area contributed by atoms with E-state index in [1.165, 1.54) is 12.8 Å². The van der Waals surface area contributed by atoms with Gasteiger partial charge in [0.2, 0.25) is 5.95 Å². The van der Waals surface area contributed by atoms with Crippen molar-refractivity contribution in [3.8, 4) is 5.75 Å². The zero-order valence-electron chi connectivity index (χ0n) is 14.8. The van der Waals surface area contributed by atoms with Gasteiger partial charge in [-0.25, -0.2) is 9.97 Å². The van der Waals surface area contributed by atoms with E-state index in [0.29, 0.717) is 6.54 Å². The molecule has 1 fully saturated rings. The van der Waals surface area contributed by atoms with E-state index in [2.05, 4.69) is 20.2 Å². The van der Waals surface area contributed by atoms with E-state index < -0.39 is 0 Å². The molecule has 1 saturated heterocycles. The van der Waals surface area contributed by atoms with Gasteiger partial charge in [-0.2, -0.15) is 0 Å². The standard InChI is InChI=1S/C19H24N4O2/c1-14-7-3-4-8-17(14)25-13-18(24)20-12-16-11-15(2)21-19(22-16)23-9-5-6-10-23/h3-4,7-8,11H,5-6,9-10,12-13H2,1-2H3,(H,20,24). The molecule has 2 aromatic rings. The molecule has 0 aliphatic carbocycles. The highest BCUT2D eigenvalue weighted by molar-refractivity contribution is 5.77. The Kier molecular flexibility index (Phi) is 5.48. The number of hydrogen-bond acceptors (Lipinski definition) is 5. The van der Waals surface area contributed by atoms with E-state index in [1.807, 2.05) is 44.2 Å². The van der Waals surface area contributed by atoms with Crippen molar-refractivity contribution in [1.82, 2.24) is 15.3 Å². The van der Waals surface area contributed by atoms with Gasteiger partial charge in [0, 0.05) is 18.8 Å². The molecule has 6 heteroatoms. The molecule has 0 unspecified atom stereocenters. The van der Waals surface area contributed by atoms with E-state index in [-0.39, 0.29) is 12.5 Å². The summed E-state index contributed by atoms with van der Waals surface area (Å²) in [5, 5.41) is 2.86. The number of aryl methyl sites for hydroxylation is 2. The smallest absolute Gasteiger partial charge is 0.258 e. The number of carbonyl (C=O) groups excluding carboxylic acids is 1. The number of benzene rings is 1. The van der Waals surface area contributed by atoms with Gasteiger partial charge in [-0.1, -0.05) is 18.2 Å². The highest BCUT2D eigenvalue weighted by Gasteiger charge is 2.16. The Hall–Kier alpha value is -2.63. The molecule has 1 N–H and O–H groups in total. The first-order chi connectivity index (χ1) is 12.1. The van der Waals surface area contributed by atoms with Crippen molar-refractivity contribution in [3.05, 3.63) is 47.3 Å². The Morgan fingerprint density at radius 2 is 1.96 bits per heavy atom. The van der Waals surface area contributed by atoms with Gasteiger partial charge in [-0.15, -0.1) is 0 Å². The summed E-state index contributed by atoms with van der Waals surface area (Å²) in [4.78, 5) is 23.3. The number of rotatable bonds is 6. The summed E-state index contributed by atoms with van der Waals surface area (Å²) < 4.78 is 5.56. The first-order valence-electron chi connectivity index (χ1n) is 8.66. The van der Waals surface area contributed by atoms with Crippen molar-refractivity contribution in [2.75, 3.05) is 24.6 Å². The monoisotopic (exact) mass is 340 g/mol. The second-order valence-electron chi connectivity index (χ2n) is 6.33. The van der Waals surface area contributed by atoms with Crippen molar-refractivity contribution >= 4 is 11.9 Å². The molecular formula is C19H24N4O2. The number of anilines is 1. The van der Waals surface area contributed by atoms with Gasteiger partial charge in [0.25, 0.3) is 5.91 Å². The zero-order chi connectivity index (χ0) is 17.6. The largest absolute Gasteiger partial charge is 0.484 e. The van der Waals surface area contributed by atoms with Gasteiger partial charge in [0.15, 0.2) is 6.61 Å². The maximum atomic E-state index is 12.0. The Bertz CT molecular complexity index is 742. The minimum Gasteiger partial charge on any atom is -0.484 e. The average molecular weight is 340 g/mol. The maximum Gasteiger partial charge on any atom is 0.258 e. The molecule has 6 nitrogen and oxygen atoms in total. The van der Waals surface area contributed by atoms with E-state index in [0.717, 1.165) is 41.7 Å². The fraction of sp³-hybridized carbons (Fsp3) is 0.421. The van der Waals surface area contributed by atoms with Gasteiger partial charge < -0.3 is 15.0 Å². The van der Waals surface area contributed by atoms with Crippen LogP contribution < -0.4 is 15.0 Å². The molecular weight excluding hydrogens is 316 g/mol. The number of aromatic nitrogens is 2. The third-order valence-corrected chi connectivity index (χ3v) is 4.20. The van der Waals surface area contributed by atoms with Crippen LogP contribution >= 0.6 is 0 Å². The Morgan fingerprint density at radius 1 is 1.20 bits per heavy atom. The first kappa shape index (κ1) is 17.2. The molecule has 1 aromatic heterocycles. The van der Waals surface area contributed by atoms with Gasteiger partial charge in [-0.3, -0.25) is 4.79 Å². The van der Waals surface area contributed by atoms with Gasteiger partial charge in [0.05, 0.1) is 12.2 Å². The summed E-state index contributed by atoms with van der Waals surface area (Å²) in [5.41, 5.74) is 2.74. The van der Waals surface area contributed by atoms with E-state index in [1.54, 1.807) is 0 Å². The molecule has 0 spiro atoms. The molecule has 3 rings (SSSR count). The molecule has 0 radical (unpaired) electrons. The number of nitrogens with zero attached hydrogens (tertiary/aromatic N) is 3. The second-order valence-corrected chi connectivity index (χ2v) is 6.33. The molecule has 25 heavy (non-hydrogen) atoms. The van der Waals surface area contributed by atoms with Gasteiger partial charge >= 0.3 is 0 Å².